The summed E-state index contributed by atoms with van der Waals surface area (Å²) in [5.74, 6) is 0.231. The van der Waals surface area contributed by atoms with Crippen molar-refractivity contribution in [1.29, 1.82) is 0 Å². The van der Waals surface area contributed by atoms with Crippen LogP contribution in [0.4, 0.5) is 0 Å². The van der Waals surface area contributed by atoms with Crippen molar-refractivity contribution in [3.8, 4) is 17.1 Å². The second kappa shape index (κ2) is 9.87. The molecule has 0 saturated carbocycles. The number of halogens is 1. The second-order valence-electron chi connectivity index (χ2n) is 7.62. The molecule has 0 aliphatic rings. The molecular weight excluding hydrogens is 506 g/mol. The highest BCUT2D eigenvalue weighted by atomic mass is 79.9. The smallest absolute Gasteiger partial charge is 0.343 e. The first-order valence-electron chi connectivity index (χ1n) is 10.8. The van der Waals surface area contributed by atoms with Gasteiger partial charge in [0.15, 0.2) is 5.82 Å². The highest BCUT2D eigenvalue weighted by Gasteiger charge is 2.14. The topological polar surface area (TPSA) is 73.5 Å². The van der Waals surface area contributed by atoms with E-state index in [2.05, 4.69) is 21.0 Å². The second-order valence-corrected chi connectivity index (χ2v) is 8.53. The highest BCUT2D eigenvalue weighted by molar-refractivity contribution is 9.10. The lowest BCUT2D eigenvalue weighted by atomic mass is 10.2. The Morgan fingerprint density at radius 3 is 2.34 bits per heavy atom. The van der Waals surface area contributed by atoms with Crippen LogP contribution in [0, 0.1) is 0 Å². The zero-order chi connectivity index (χ0) is 24.2. The van der Waals surface area contributed by atoms with Crippen LogP contribution < -0.4 is 10.3 Å². The van der Waals surface area contributed by atoms with Crippen LogP contribution >= 0.6 is 15.9 Å². The number of esters is 1. The maximum atomic E-state index is 13.4. The summed E-state index contributed by atoms with van der Waals surface area (Å²) in [7, 11) is 0. The third kappa shape index (κ3) is 4.81. The maximum absolute atomic E-state index is 13.4. The highest BCUT2D eigenvalue weighted by Crippen LogP contribution is 2.24. The predicted molar refractivity (Wildman–Crippen MR) is 140 cm³/mol. The summed E-state index contributed by atoms with van der Waals surface area (Å²) < 4.78 is 7.67. The molecule has 170 valence electrons. The summed E-state index contributed by atoms with van der Waals surface area (Å²) in [6.45, 7) is 0. The van der Waals surface area contributed by atoms with Gasteiger partial charge in [0.1, 0.15) is 5.75 Å². The summed E-state index contributed by atoms with van der Waals surface area (Å²) in [5, 5.41) is 4.94. The Balaban J connectivity index is 1.60. The molecule has 5 rings (SSSR count). The molecule has 0 fully saturated rings. The average molecular weight is 524 g/mol. The number of carbonyl (C=O) groups excluding carboxylic acids is 1. The molecular formula is C28H18BrN3O3. The number of aromatic nitrogens is 2. The number of hydrogen-bond acceptors (Lipinski definition) is 5. The van der Waals surface area contributed by atoms with E-state index in [-0.39, 0.29) is 5.56 Å². The third-order valence-corrected chi connectivity index (χ3v) is 5.78. The van der Waals surface area contributed by atoms with Gasteiger partial charge in [0.25, 0.3) is 5.56 Å². The molecule has 0 spiro atoms. The Labute approximate surface area is 209 Å². The fourth-order valence-electron chi connectivity index (χ4n) is 3.57. The lowest BCUT2D eigenvalue weighted by molar-refractivity contribution is 0.0734. The predicted octanol–water partition coefficient (Wildman–Crippen LogP) is 5.93. The van der Waals surface area contributed by atoms with Gasteiger partial charge in [-0.25, -0.2) is 9.78 Å². The summed E-state index contributed by atoms with van der Waals surface area (Å²) in [4.78, 5) is 30.7. The Morgan fingerprint density at radius 1 is 0.886 bits per heavy atom. The average Bonchev–Trinajstić information content (AvgIpc) is 2.90. The largest absolute Gasteiger partial charge is 0.422 e. The summed E-state index contributed by atoms with van der Waals surface area (Å²) in [5.41, 5.74) is 1.98. The molecule has 6 nitrogen and oxygen atoms in total. The monoisotopic (exact) mass is 523 g/mol. The van der Waals surface area contributed by atoms with Gasteiger partial charge in [0.2, 0.25) is 0 Å². The molecule has 35 heavy (non-hydrogen) atoms. The molecule has 1 heterocycles. The van der Waals surface area contributed by atoms with Crippen molar-refractivity contribution in [3.63, 3.8) is 0 Å². The number of ether oxygens (including phenoxy) is 1. The minimum absolute atomic E-state index is 0.302. The van der Waals surface area contributed by atoms with E-state index in [4.69, 9.17) is 9.72 Å². The van der Waals surface area contributed by atoms with Gasteiger partial charge in [-0.3, -0.25) is 4.79 Å². The van der Waals surface area contributed by atoms with Crippen molar-refractivity contribution in [2.24, 2.45) is 5.10 Å². The summed E-state index contributed by atoms with van der Waals surface area (Å²) in [6.07, 6.45) is 1.49. The molecule has 7 heteroatoms. The summed E-state index contributed by atoms with van der Waals surface area (Å²) in [6, 6.07) is 30.5. The van der Waals surface area contributed by atoms with Crippen LogP contribution in [0.2, 0.25) is 0 Å². The van der Waals surface area contributed by atoms with Crippen LogP contribution in [0.1, 0.15) is 15.9 Å². The first-order chi connectivity index (χ1) is 17.1. The standard InChI is InChI=1S/C28H18BrN3O3/c29-22-15-16-25(35-28(34)20-11-5-2-6-12-20)21(17-22)18-30-32-26(19-9-3-1-4-10-19)31-24-14-8-7-13-23(24)27(32)33/h1-18H. The molecule has 1 aromatic heterocycles. The number of fused-ring (bicyclic) bond motifs is 1. The Morgan fingerprint density at radius 2 is 1.57 bits per heavy atom. The fourth-order valence-corrected chi connectivity index (χ4v) is 3.95. The number of nitrogens with zero attached hydrogens (tertiary/aromatic N) is 3. The van der Waals surface area contributed by atoms with E-state index in [1.807, 2.05) is 42.5 Å². The quantitative estimate of drug-likeness (QED) is 0.162. The molecule has 0 saturated heterocycles. The Bertz CT molecular complexity index is 1610. The van der Waals surface area contributed by atoms with E-state index in [1.165, 1.54) is 10.9 Å². The van der Waals surface area contributed by atoms with Crippen LogP contribution in [0.3, 0.4) is 0 Å². The lowest BCUT2D eigenvalue weighted by Gasteiger charge is -2.10. The van der Waals surface area contributed by atoms with Crippen LogP contribution in [-0.2, 0) is 0 Å². The van der Waals surface area contributed by atoms with Gasteiger partial charge < -0.3 is 4.74 Å². The molecule has 0 aliphatic carbocycles. The zero-order valence-corrected chi connectivity index (χ0v) is 19.9. The van der Waals surface area contributed by atoms with Gasteiger partial charge in [-0.15, -0.1) is 0 Å². The number of hydrogen-bond donors (Lipinski definition) is 0. The normalized spacial score (nSPS) is 11.1. The van der Waals surface area contributed by atoms with E-state index in [0.717, 1.165) is 10.0 Å². The Hall–Kier alpha value is -4.36. The number of benzene rings is 4. The SMILES string of the molecule is O=C(Oc1ccc(Br)cc1C=Nn1c(-c2ccccc2)nc2ccccc2c1=O)c1ccccc1. The van der Waals surface area contributed by atoms with Crippen molar-refractivity contribution in [2.75, 3.05) is 0 Å². The van der Waals surface area contributed by atoms with E-state index < -0.39 is 5.97 Å². The minimum atomic E-state index is -0.489. The van der Waals surface area contributed by atoms with Gasteiger partial charge in [-0.2, -0.15) is 9.78 Å². The van der Waals surface area contributed by atoms with Gasteiger partial charge >= 0.3 is 5.97 Å². The number of carbonyl (C=O) groups is 1. The van der Waals surface area contributed by atoms with Gasteiger partial charge in [0, 0.05) is 15.6 Å². The van der Waals surface area contributed by atoms with Crippen molar-refractivity contribution >= 4 is 39.0 Å². The molecule has 0 aliphatic heterocycles. The molecule has 0 atom stereocenters. The first-order valence-corrected chi connectivity index (χ1v) is 11.6. The minimum Gasteiger partial charge on any atom is -0.422 e. The number of rotatable bonds is 5. The molecule has 0 N–H and O–H groups in total. The Kier molecular flexibility index (Phi) is 6.32. The van der Waals surface area contributed by atoms with Crippen LogP contribution in [0.15, 0.2) is 117 Å². The fraction of sp³-hybridized carbons (Fsp3) is 0. The first kappa shape index (κ1) is 22.4. The van der Waals surface area contributed by atoms with E-state index in [0.29, 0.717) is 33.6 Å². The van der Waals surface area contributed by atoms with Crippen LogP contribution in [-0.4, -0.2) is 21.8 Å². The van der Waals surface area contributed by atoms with Gasteiger partial charge in [-0.05, 0) is 42.5 Å². The molecule has 0 amide bonds. The van der Waals surface area contributed by atoms with Crippen molar-refractivity contribution in [3.05, 3.63) is 129 Å². The molecule has 0 radical (unpaired) electrons. The lowest BCUT2D eigenvalue weighted by Crippen LogP contribution is -2.20. The molecule has 0 bridgehead atoms. The maximum Gasteiger partial charge on any atom is 0.343 e. The van der Waals surface area contributed by atoms with E-state index in [9.17, 15) is 9.59 Å². The van der Waals surface area contributed by atoms with E-state index in [1.54, 1.807) is 60.7 Å². The van der Waals surface area contributed by atoms with Gasteiger partial charge in [-0.1, -0.05) is 76.6 Å². The van der Waals surface area contributed by atoms with Crippen molar-refractivity contribution in [1.82, 2.24) is 9.66 Å². The van der Waals surface area contributed by atoms with Crippen LogP contribution in [0.25, 0.3) is 22.3 Å². The van der Waals surface area contributed by atoms with Crippen molar-refractivity contribution in [2.45, 2.75) is 0 Å². The molecule has 4 aromatic carbocycles. The summed E-state index contributed by atoms with van der Waals surface area (Å²) >= 11 is 3.45. The molecule has 5 aromatic rings. The third-order valence-electron chi connectivity index (χ3n) is 5.28. The van der Waals surface area contributed by atoms with E-state index >= 15 is 0 Å². The number of para-hydroxylation sites is 1. The molecule has 0 unspecified atom stereocenters. The van der Waals surface area contributed by atoms with Crippen LogP contribution in [0.5, 0.6) is 5.75 Å². The van der Waals surface area contributed by atoms with Gasteiger partial charge in [0.05, 0.1) is 22.7 Å². The zero-order valence-electron chi connectivity index (χ0n) is 18.3. The van der Waals surface area contributed by atoms with Crippen molar-refractivity contribution < 1.29 is 9.53 Å².